The van der Waals surface area contributed by atoms with E-state index >= 15 is 0 Å². The van der Waals surface area contributed by atoms with E-state index in [0.717, 1.165) is 5.56 Å². The van der Waals surface area contributed by atoms with E-state index in [1.807, 2.05) is 60.9 Å². The first-order valence-electron chi connectivity index (χ1n) is 10.4. The fraction of sp³-hybridized carbons (Fsp3) is 0.522. The number of carbonyl (C=O) groups excluding carboxylic acids is 2. The van der Waals surface area contributed by atoms with Crippen molar-refractivity contribution in [2.75, 3.05) is 13.1 Å². The molecule has 2 heterocycles. The number of aromatic nitrogens is 1. The lowest BCUT2D eigenvalue weighted by molar-refractivity contribution is -0.146. The molecule has 1 aliphatic heterocycles. The smallest absolute Gasteiger partial charge is 0.229 e. The van der Waals surface area contributed by atoms with Crippen LogP contribution in [0.3, 0.4) is 0 Å². The zero-order valence-corrected chi connectivity index (χ0v) is 18.0. The minimum Gasteiger partial charge on any atom is -0.441 e. The summed E-state index contributed by atoms with van der Waals surface area (Å²) in [6, 6.07) is 9.65. The Bertz CT molecular complexity index is 860. The highest BCUT2D eigenvalue weighted by molar-refractivity contribution is 5.80. The quantitative estimate of drug-likeness (QED) is 0.772. The van der Waals surface area contributed by atoms with E-state index < -0.39 is 0 Å². The van der Waals surface area contributed by atoms with Crippen LogP contribution in [-0.2, 0) is 16.0 Å². The van der Waals surface area contributed by atoms with Crippen molar-refractivity contribution in [2.24, 2.45) is 5.92 Å². The van der Waals surface area contributed by atoms with Gasteiger partial charge in [-0.25, -0.2) is 4.98 Å². The standard InChI is InChI=1S/C23H31N3O3/c1-15(2)13-21(27)25-11-12-26(17(4)16(25)3)22(28)14-20-18(5)29-23(24-20)19-9-7-6-8-10-19/h6-10,15-17H,11-14H2,1-5H3/t16-,17-/m1/s1. The van der Waals surface area contributed by atoms with Crippen LogP contribution in [-0.4, -0.2) is 51.8 Å². The van der Waals surface area contributed by atoms with Crippen LogP contribution in [0.4, 0.5) is 0 Å². The van der Waals surface area contributed by atoms with Crippen LogP contribution in [0, 0.1) is 12.8 Å². The lowest BCUT2D eigenvalue weighted by Gasteiger charge is -2.45. The molecule has 1 aromatic carbocycles. The van der Waals surface area contributed by atoms with Gasteiger partial charge in [-0.1, -0.05) is 32.0 Å². The summed E-state index contributed by atoms with van der Waals surface area (Å²) in [6.07, 6.45) is 0.755. The molecule has 29 heavy (non-hydrogen) atoms. The minimum atomic E-state index is -0.0341. The maximum absolute atomic E-state index is 13.0. The number of carbonyl (C=O) groups is 2. The SMILES string of the molecule is Cc1oc(-c2ccccc2)nc1CC(=O)N1CCN(C(=O)CC(C)C)[C@H](C)[C@H]1C. The van der Waals surface area contributed by atoms with Gasteiger partial charge in [-0.3, -0.25) is 9.59 Å². The summed E-state index contributed by atoms with van der Waals surface area (Å²) < 4.78 is 5.79. The van der Waals surface area contributed by atoms with Crippen LogP contribution >= 0.6 is 0 Å². The van der Waals surface area contributed by atoms with Gasteiger partial charge in [0.15, 0.2) is 0 Å². The third kappa shape index (κ3) is 4.69. The van der Waals surface area contributed by atoms with Gasteiger partial charge in [-0.15, -0.1) is 0 Å². The van der Waals surface area contributed by atoms with E-state index in [9.17, 15) is 9.59 Å². The molecule has 0 aliphatic carbocycles. The van der Waals surface area contributed by atoms with Crippen molar-refractivity contribution < 1.29 is 14.0 Å². The van der Waals surface area contributed by atoms with Gasteiger partial charge in [-0.2, -0.15) is 0 Å². The van der Waals surface area contributed by atoms with Crippen molar-refractivity contribution in [1.29, 1.82) is 0 Å². The average molecular weight is 398 g/mol. The summed E-state index contributed by atoms with van der Waals surface area (Å²) in [5.41, 5.74) is 1.57. The zero-order chi connectivity index (χ0) is 21.1. The summed E-state index contributed by atoms with van der Waals surface area (Å²) in [5, 5.41) is 0. The van der Waals surface area contributed by atoms with Crippen LogP contribution in [0.15, 0.2) is 34.7 Å². The van der Waals surface area contributed by atoms with Crippen molar-refractivity contribution >= 4 is 11.8 Å². The molecular formula is C23H31N3O3. The third-order valence-electron chi connectivity index (χ3n) is 5.72. The van der Waals surface area contributed by atoms with Gasteiger partial charge < -0.3 is 14.2 Å². The second kappa shape index (κ2) is 8.80. The van der Waals surface area contributed by atoms with Crippen LogP contribution in [0.2, 0.25) is 0 Å². The Morgan fingerprint density at radius 3 is 2.24 bits per heavy atom. The van der Waals surface area contributed by atoms with Gasteiger partial charge in [0.25, 0.3) is 0 Å². The molecule has 0 saturated carbocycles. The molecule has 1 aromatic heterocycles. The summed E-state index contributed by atoms with van der Waals surface area (Å²) in [4.78, 5) is 33.9. The molecular weight excluding hydrogens is 366 g/mol. The van der Waals surface area contributed by atoms with Gasteiger partial charge in [0.1, 0.15) is 5.76 Å². The zero-order valence-electron chi connectivity index (χ0n) is 18.0. The number of hydrogen-bond acceptors (Lipinski definition) is 4. The number of aryl methyl sites for hydroxylation is 1. The monoisotopic (exact) mass is 397 g/mol. The third-order valence-corrected chi connectivity index (χ3v) is 5.72. The van der Waals surface area contributed by atoms with Crippen molar-refractivity contribution in [3.63, 3.8) is 0 Å². The maximum atomic E-state index is 13.0. The number of oxazole rings is 1. The van der Waals surface area contributed by atoms with Gasteiger partial charge in [0.05, 0.1) is 12.1 Å². The molecule has 0 radical (unpaired) electrons. The molecule has 2 atom stereocenters. The van der Waals surface area contributed by atoms with Crippen molar-refractivity contribution in [3.8, 4) is 11.5 Å². The molecule has 1 saturated heterocycles. The molecule has 1 aliphatic rings. The van der Waals surface area contributed by atoms with Crippen LogP contribution in [0.1, 0.15) is 45.6 Å². The van der Waals surface area contributed by atoms with Crippen LogP contribution < -0.4 is 0 Å². The first-order chi connectivity index (χ1) is 13.8. The van der Waals surface area contributed by atoms with Crippen LogP contribution in [0.5, 0.6) is 0 Å². The Balaban J connectivity index is 1.67. The second-order valence-electron chi connectivity index (χ2n) is 8.32. The first kappa shape index (κ1) is 21.1. The lowest BCUT2D eigenvalue weighted by atomic mass is 10.0. The summed E-state index contributed by atoms with van der Waals surface area (Å²) >= 11 is 0. The van der Waals surface area contributed by atoms with E-state index in [1.54, 1.807) is 0 Å². The fourth-order valence-electron chi connectivity index (χ4n) is 3.85. The predicted octanol–water partition coefficient (Wildman–Crippen LogP) is 3.69. The van der Waals surface area contributed by atoms with Gasteiger partial charge in [0, 0.05) is 37.2 Å². The van der Waals surface area contributed by atoms with E-state index in [4.69, 9.17) is 4.42 Å². The number of hydrogen-bond donors (Lipinski definition) is 0. The Hall–Kier alpha value is -2.63. The van der Waals surface area contributed by atoms with Gasteiger partial charge >= 0.3 is 0 Å². The Morgan fingerprint density at radius 1 is 1.07 bits per heavy atom. The van der Waals surface area contributed by atoms with E-state index in [1.165, 1.54) is 0 Å². The van der Waals surface area contributed by atoms with E-state index in [-0.39, 0.29) is 30.3 Å². The number of benzene rings is 1. The van der Waals surface area contributed by atoms with Crippen LogP contribution in [0.25, 0.3) is 11.5 Å². The molecule has 0 bridgehead atoms. The molecule has 0 spiro atoms. The minimum absolute atomic E-state index is 0.00256. The Kier molecular flexibility index (Phi) is 6.40. The topological polar surface area (TPSA) is 66.7 Å². The number of piperazine rings is 1. The number of rotatable bonds is 5. The second-order valence-corrected chi connectivity index (χ2v) is 8.32. The average Bonchev–Trinajstić information content (AvgIpc) is 3.04. The van der Waals surface area contributed by atoms with Crippen molar-refractivity contribution in [3.05, 3.63) is 41.8 Å². The van der Waals surface area contributed by atoms with Gasteiger partial charge in [-0.05, 0) is 38.8 Å². The molecule has 6 nitrogen and oxygen atoms in total. The summed E-state index contributed by atoms with van der Waals surface area (Å²) in [5.74, 6) is 1.74. The molecule has 2 amide bonds. The molecule has 0 N–H and O–H groups in total. The molecule has 2 aromatic rings. The highest BCUT2D eigenvalue weighted by Gasteiger charge is 2.36. The summed E-state index contributed by atoms with van der Waals surface area (Å²) in [6.45, 7) is 11.1. The Morgan fingerprint density at radius 2 is 1.66 bits per heavy atom. The number of amides is 2. The predicted molar refractivity (Wildman–Crippen MR) is 112 cm³/mol. The Labute approximate surface area is 172 Å². The summed E-state index contributed by atoms with van der Waals surface area (Å²) in [7, 11) is 0. The molecule has 0 unspecified atom stereocenters. The van der Waals surface area contributed by atoms with Crippen molar-refractivity contribution in [1.82, 2.24) is 14.8 Å². The van der Waals surface area contributed by atoms with Gasteiger partial charge in [0.2, 0.25) is 17.7 Å². The fourth-order valence-corrected chi connectivity index (χ4v) is 3.85. The first-order valence-corrected chi connectivity index (χ1v) is 10.4. The normalized spacial score (nSPS) is 19.7. The largest absolute Gasteiger partial charge is 0.441 e. The van der Waals surface area contributed by atoms with E-state index in [0.29, 0.717) is 42.8 Å². The molecule has 3 rings (SSSR count). The van der Waals surface area contributed by atoms with E-state index in [2.05, 4.69) is 18.8 Å². The molecule has 1 fully saturated rings. The highest BCUT2D eigenvalue weighted by atomic mass is 16.4. The molecule has 156 valence electrons. The molecule has 6 heteroatoms. The maximum Gasteiger partial charge on any atom is 0.229 e. The highest BCUT2D eigenvalue weighted by Crippen LogP contribution is 2.24. The lowest BCUT2D eigenvalue weighted by Crippen LogP contribution is -2.60. The van der Waals surface area contributed by atoms with Crippen molar-refractivity contribution in [2.45, 2.75) is 59.5 Å². The number of nitrogens with zero attached hydrogens (tertiary/aromatic N) is 3.